The predicted octanol–water partition coefficient (Wildman–Crippen LogP) is 1.52. The first-order valence-corrected chi connectivity index (χ1v) is 6.01. The van der Waals surface area contributed by atoms with Crippen LogP contribution < -0.4 is 16.0 Å². The first-order chi connectivity index (χ1) is 9.08. The number of ether oxygens (including phenoxy) is 1. The molecule has 1 aromatic heterocycles. The van der Waals surface area contributed by atoms with E-state index >= 15 is 0 Å². The summed E-state index contributed by atoms with van der Waals surface area (Å²) in [5.41, 5.74) is 9.96. The fraction of sp³-hybridized carbons (Fsp3) is 0.286. The summed E-state index contributed by atoms with van der Waals surface area (Å²) in [4.78, 5) is 11.3. The van der Waals surface area contributed by atoms with Gasteiger partial charge in [0.1, 0.15) is 5.75 Å². The highest BCUT2D eigenvalue weighted by Gasteiger charge is 2.13. The fourth-order valence-electron chi connectivity index (χ4n) is 2.10. The van der Waals surface area contributed by atoms with E-state index in [4.69, 9.17) is 10.5 Å². The molecule has 0 radical (unpaired) electrons. The Labute approximate surface area is 111 Å². The molecule has 0 atom stereocenters. The zero-order chi connectivity index (χ0) is 14.0. The minimum Gasteiger partial charge on any atom is -0.496 e. The molecule has 0 aliphatic heterocycles. The Balaban J connectivity index is 2.66. The van der Waals surface area contributed by atoms with Crippen LogP contribution in [0.3, 0.4) is 0 Å². The number of nitrogens with two attached hydrogens (primary N) is 1. The highest BCUT2D eigenvalue weighted by molar-refractivity contribution is 5.69. The Morgan fingerprint density at radius 2 is 2.05 bits per heavy atom. The normalized spacial score (nSPS) is 10.5. The van der Waals surface area contributed by atoms with E-state index in [0.717, 1.165) is 28.0 Å². The monoisotopic (exact) mass is 259 g/mol. The van der Waals surface area contributed by atoms with E-state index in [9.17, 15) is 4.79 Å². The Hall–Kier alpha value is -2.14. The van der Waals surface area contributed by atoms with Crippen molar-refractivity contribution in [1.29, 1.82) is 0 Å². The van der Waals surface area contributed by atoms with Crippen LogP contribution >= 0.6 is 0 Å². The third kappa shape index (κ3) is 2.37. The number of nitrogens with one attached hydrogen (secondary N) is 1. The summed E-state index contributed by atoms with van der Waals surface area (Å²) in [5, 5.41) is 6.57. The molecule has 2 rings (SSSR count). The average molecular weight is 259 g/mol. The molecule has 100 valence electrons. The van der Waals surface area contributed by atoms with Gasteiger partial charge < -0.3 is 10.5 Å². The van der Waals surface area contributed by atoms with E-state index in [2.05, 4.69) is 10.2 Å². The number of rotatable bonds is 3. The number of methoxy groups -OCH3 is 1. The minimum absolute atomic E-state index is 0.243. The van der Waals surface area contributed by atoms with E-state index in [1.54, 1.807) is 7.11 Å². The van der Waals surface area contributed by atoms with E-state index in [1.807, 2.05) is 26.0 Å². The number of H-pyrrole nitrogens is 1. The molecule has 3 N–H and O–H groups in total. The smallest absolute Gasteiger partial charge is 0.264 e. The molecule has 19 heavy (non-hydrogen) atoms. The molecule has 0 aliphatic carbocycles. The van der Waals surface area contributed by atoms with Gasteiger partial charge in [0.05, 0.1) is 12.8 Å². The number of aromatic nitrogens is 2. The first-order valence-electron chi connectivity index (χ1n) is 6.01. The minimum atomic E-state index is -0.243. The van der Waals surface area contributed by atoms with Gasteiger partial charge in [-0.2, -0.15) is 5.10 Å². The SMILES string of the molecule is COc1ccc(-c2n[nH]c(=O)cc2CN)c(C)c1C. The summed E-state index contributed by atoms with van der Waals surface area (Å²) in [5.74, 6) is 0.833. The molecule has 1 aromatic carbocycles. The zero-order valence-corrected chi connectivity index (χ0v) is 11.3. The Morgan fingerprint density at radius 3 is 2.68 bits per heavy atom. The van der Waals surface area contributed by atoms with E-state index in [0.29, 0.717) is 5.69 Å². The van der Waals surface area contributed by atoms with Crippen LogP contribution in [0, 0.1) is 13.8 Å². The quantitative estimate of drug-likeness (QED) is 0.875. The van der Waals surface area contributed by atoms with Crippen molar-refractivity contribution in [1.82, 2.24) is 10.2 Å². The highest BCUT2D eigenvalue weighted by Crippen LogP contribution is 2.30. The molecule has 0 spiro atoms. The van der Waals surface area contributed by atoms with Crippen LogP contribution in [-0.2, 0) is 6.54 Å². The molecule has 0 unspecified atom stereocenters. The molecular formula is C14H17N3O2. The van der Waals surface area contributed by atoms with Gasteiger partial charge in [-0.1, -0.05) is 0 Å². The van der Waals surface area contributed by atoms with Crippen LogP contribution in [-0.4, -0.2) is 17.3 Å². The Morgan fingerprint density at radius 1 is 1.32 bits per heavy atom. The van der Waals surface area contributed by atoms with Crippen LogP contribution in [0.4, 0.5) is 0 Å². The highest BCUT2D eigenvalue weighted by atomic mass is 16.5. The third-order valence-electron chi connectivity index (χ3n) is 3.32. The Kier molecular flexibility index (Phi) is 3.66. The van der Waals surface area contributed by atoms with E-state index in [1.165, 1.54) is 6.07 Å². The van der Waals surface area contributed by atoms with Crippen LogP contribution in [0.25, 0.3) is 11.3 Å². The lowest BCUT2D eigenvalue weighted by molar-refractivity contribution is 0.411. The number of hydrogen-bond donors (Lipinski definition) is 2. The molecule has 5 heteroatoms. The predicted molar refractivity (Wildman–Crippen MR) is 74.2 cm³/mol. The van der Waals surface area contributed by atoms with Crippen LogP contribution in [0.5, 0.6) is 5.75 Å². The Bertz CT molecular complexity index is 662. The van der Waals surface area contributed by atoms with Crippen molar-refractivity contribution in [2.75, 3.05) is 7.11 Å². The molecule has 0 saturated carbocycles. The van der Waals surface area contributed by atoms with Gasteiger partial charge in [-0.3, -0.25) is 4.79 Å². The summed E-state index contributed by atoms with van der Waals surface area (Å²) < 4.78 is 5.29. The van der Waals surface area contributed by atoms with Gasteiger partial charge >= 0.3 is 0 Å². The van der Waals surface area contributed by atoms with Crippen molar-refractivity contribution in [3.05, 3.63) is 45.2 Å². The van der Waals surface area contributed by atoms with Crippen molar-refractivity contribution in [2.45, 2.75) is 20.4 Å². The molecule has 2 aromatic rings. The number of nitrogens with zero attached hydrogens (tertiary/aromatic N) is 1. The lowest BCUT2D eigenvalue weighted by atomic mass is 9.97. The second-order valence-electron chi connectivity index (χ2n) is 4.38. The van der Waals surface area contributed by atoms with Gasteiger partial charge in [0.2, 0.25) is 0 Å². The van der Waals surface area contributed by atoms with Gasteiger partial charge in [0, 0.05) is 18.2 Å². The fourth-order valence-corrected chi connectivity index (χ4v) is 2.10. The van der Waals surface area contributed by atoms with Gasteiger partial charge in [-0.05, 0) is 42.7 Å². The maximum atomic E-state index is 11.3. The standard InChI is InChI=1S/C14H17N3O2/c1-8-9(2)12(19-3)5-4-11(8)14-10(7-15)6-13(18)16-17-14/h4-6H,7,15H2,1-3H3,(H,16,18). The summed E-state index contributed by atoms with van der Waals surface area (Å²) in [7, 11) is 1.64. The molecule has 5 nitrogen and oxygen atoms in total. The second-order valence-corrected chi connectivity index (χ2v) is 4.38. The zero-order valence-electron chi connectivity index (χ0n) is 11.3. The summed E-state index contributed by atoms with van der Waals surface area (Å²) in [6.07, 6.45) is 0. The van der Waals surface area contributed by atoms with Gasteiger partial charge in [0.25, 0.3) is 5.56 Å². The van der Waals surface area contributed by atoms with Gasteiger partial charge in [0.15, 0.2) is 0 Å². The van der Waals surface area contributed by atoms with Crippen molar-refractivity contribution >= 4 is 0 Å². The van der Waals surface area contributed by atoms with Crippen molar-refractivity contribution < 1.29 is 4.74 Å². The number of aromatic amines is 1. The lowest BCUT2D eigenvalue weighted by Crippen LogP contribution is -2.13. The molecule has 0 bridgehead atoms. The molecular weight excluding hydrogens is 242 g/mol. The molecule has 0 fully saturated rings. The van der Waals surface area contributed by atoms with Crippen LogP contribution in [0.15, 0.2) is 23.0 Å². The summed E-state index contributed by atoms with van der Waals surface area (Å²) in [6.45, 7) is 4.27. The summed E-state index contributed by atoms with van der Waals surface area (Å²) in [6, 6.07) is 5.31. The molecule has 0 amide bonds. The maximum Gasteiger partial charge on any atom is 0.264 e. The lowest BCUT2D eigenvalue weighted by Gasteiger charge is -2.13. The van der Waals surface area contributed by atoms with Crippen LogP contribution in [0.2, 0.25) is 0 Å². The first kappa shape index (κ1) is 13.3. The maximum absolute atomic E-state index is 11.3. The molecule has 1 heterocycles. The number of hydrogen-bond acceptors (Lipinski definition) is 4. The largest absolute Gasteiger partial charge is 0.496 e. The van der Waals surface area contributed by atoms with Gasteiger partial charge in [-0.25, -0.2) is 5.10 Å². The van der Waals surface area contributed by atoms with Crippen molar-refractivity contribution in [2.24, 2.45) is 5.73 Å². The second kappa shape index (κ2) is 5.24. The topological polar surface area (TPSA) is 81.0 Å². The van der Waals surface area contributed by atoms with Crippen molar-refractivity contribution in [3.63, 3.8) is 0 Å². The van der Waals surface area contributed by atoms with E-state index in [-0.39, 0.29) is 12.1 Å². The number of benzene rings is 1. The van der Waals surface area contributed by atoms with Crippen LogP contribution in [0.1, 0.15) is 16.7 Å². The summed E-state index contributed by atoms with van der Waals surface area (Å²) >= 11 is 0. The third-order valence-corrected chi connectivity index (χ3v) is 3.32. The molecule has 0 aliphatic rings. The van der Waals surface area contributed by atoms with Crippen molar-refractivity contribution in [3.8, 4) is 17.0 Å². The van der Waals surface area contributed by atoms with Gasteiger partial charge in [-0.15, -0.1) is 0 Å². The molecule has 0 saturated heterocycles. The average Bonchev–Trinajstić information content (AvgIpc) is 2.42. The van der Waals surface area contributed by atoms with E-state index < -0.39 is 0 Å².